The molecule has 2 saturated heterocycles. The number of likely N-dealkylation sites (tertiary alicyclic amines) is 1. The first-order valence-electron chi connectivity index (χ1n) is 12.6. The molecule has 3 aromatic heterocycles. The van der Waals surface area contributed by atoms with Crippen LogP contribution in [-0.4, -0.2) is 81.1 Å². The summed E-state index contributed by atoms with van der Waals surface area (Å²) in [6.45, 7) is 4.88. The van der Waals surface area contributed by atoms with Crippen LogP contribution in [0.3, 0.4) is 0 Å². The van der Waals surface area contributed by atoms with E-state index in [2.05, 4.69) is 25.1 Å². The van der Waals surface area contributed by atoms with Gasteiger partial charge in [-0.2, -0.15) is 15.0 Å². The minimum atomic E-state index is -0.428. The van der Waals surface area contributed by atoms with Crippen molar-refractivity contribution in [1.29, 1.82) is 0 Å². The largest absolute Gasteiger partial charge is 0.466 e. The molecule has 4 aromatic rings. The van der Waals surface area contributed by atoms with Crippen LogP contribution in [0.1, 0.15) is 17.3 Å². The molecule has 0 spiro atoms. The molecule has 11 heteroatoms. The smallest absolute Gasteiger partial charge is 0.344 e. The summed E-state index contributed by atoms with van der Waals surface area (Å²) in [5.41, 5.74) is 2.02. The Labute approximate surface area is 219 Å². The average molecular weight is 514 g/mol. The van der Waals surface area contributed by atoms with Gasteiger partial charge in [0.1, 0.15) is 5.82 Å². The Kier molecular flexibility index (Phi) is 6.32. The molecule has 1 amide bonds. The van der Waals surface area contributed by atoms with Crippen molar-refractivity contribution in [2.45, 2.75) is 6.92 Å². The summed E-state index contributed by atoms with van der Waals surface area (Å²) < 4.78 is 10.4. The van der Waals surface area contributed by atoms with Gasteiger partial charge >= 0.3 is 5.97 Å². The van der Waals surface area contributed by atoms with Gasteiger partial charge in [-0.05, 0) is 31.2 Å². The van der Waals surface area contributed by atoms with Crippen LogP contribution in [0.5, 0.6) is 5.88 Å². The number of amides is 1. The van der Waals surface area contributed by atoms with Gasteiger partial charge in [-0.3, -0.25) is 4.79 Å². The monoisotopic (exact) mass is 513 g/mol. The van der Waals surface area contributed by atoms with Gasteiger partial charge in [0.2, 0.25) is 5.88 Å². The molecule has 194 valence electrons. The molecule has 2 aliphatic rings. The molecule has 38 heavy (non-hydrogen) atoms. The number of fused-ring (bicyclic) bond motifs is 2. The zero-order valence-corrected chi connectivity index (χ0v) is 20.9. The van der Waals surface area contributed by atoms with Crippen LogP contribution in [-0.2, 0) is 9.53 Å². The predicted octanol–water partition coefficient (Wildman–Crippen LogP) is 2.36. The molecule has 0 bridgehead atoms. The van der Waals surface area contributed by atoms with Crippen LogP contribution in [0, 0.1) is 11.8 Å². The number of para-hydroxylation sites is 1. The maximum atomic E-state index is 13.5. The first-order valence-corrected chi connectivity index (χ1v) is 12.6. The van der Waals surface area contributed by atoms with Crippen LogP contribution in [0.4, 0.5) is 5.82 Å². The lowest BCUT2D eigenvalue weighted by Gasteiger charge is -2.24. The Balaban J connectivity index is 1.14. The SMILES string of the molecule is CCOC(=O)COc1ccc2c(N3CC4CN(C(=O)c5ccccc5-n5nccn5)CC4C3)nccc2n1. The fourth-order valence-corrected chi connectivity index (χ4v) is 5.36. The summed E-state index contributed by atoms with van der Waals surface area (Å²) in [7, 11) is 0. The molecule has 5 heterocycles. The average Bonchev–Trinajstić information content (AvgIpc) is 3.69. The number of rotatable bonds is 7. The van der Waals surface area contributed by atoms with Gasteiger partial charge in [-0.1, -0.05) is 12.1 Å². The van der Waals surface area contributed by atoms with Crippen LogP contribution in [0.25, 0.3) is 16.6 Å². The second kappa shape index (κ2) is 10.1. The molecule has 2 fully saturated rings. The van der Waals surface area contributed by atoms with Gasteiger partial charge in [0, 0.05) is 55.7 Å². The first-order chi connectivity index (χ1) is 18.6. The summed E-state index contributed by atoms with van der Waals surface area (Å²) in [4.78, 5) is 40.0. The van der Waals surface area contributed by atoms with Crippen molar-refractivity contribution < 1.29 is 19.1 Å². The number of hydrogen-bond acceptors (Lipinski definition) is 9. The number of esters is 1. The Hall–Kier alpha value is -4.54. The van der Waals surface area contributed by atoms with E-state index in [4.69, 9.17) is 9.47 Å². The van der Waals surface area contributed by atoms with Gasteiger partial charge in [0.25, 0.3) is 5.91 Å². The van der Waals surface area contributed by atoms with E-state index in [9.17, 15) is 9.59 Å². The predicted molar refractivity (Wildman–Crippen MR) is 138 cm³/mol. The van der Waals surface area contributed by atoms with E-state index in [-0.39, 0.29) is 12.5 Å². The zero-order chi connectivity index (χ0) is 26.1. The number of benzene rings is 1. The van der Waals surface area contributed by atoms with Crippen LogP contribution in [0.15, 0.2) is 61.1 Å². The summed E-state index contributed by atoms with van der Waals surface area (Å²) in [5.74, 6) is 1.51. The summed E-state index contributed by atoms with van der Waals surface area (Å²) >= 11 is 0. The Morgan fingerprint density at radius 3 is 2.47 bits per heavy atom. The van der Waals surface area contributed by atoms with E-state index in [1.54, 1.807) is 31.6 Å². The lowest BCUT2D eigenvalue weighted by molar-refractivity contribution is -0.145. The molecule has 0 N–H and O–H groups in total. The van der Waals surface area contributed by atoms with Crippen molar-refractivity contribution in [2.75, 3.05) is 44.3 Å². The standard InChI is InChI=1S/C27H27N7O4/c1-2-37-25(35)17-38-24-8-7-20-22(31-24)9-10-28-26(20)32-13-18-15-33(16-19(18)14-32)27(36)21-5-3-4-6-23(21)34-29-11-12-30-34/h3-12,18-19H,2,13-17H2,1H3. The third-order valence-electron chi connectivity index (χ3n) is 7.05. The summed E-state index contributed by atoms with van der Waals surface area (Å²) in [6.07, 6.45) is 4.94. The molecule has 0 saturated carbocycles. The lowest BCUT2D eigenvalue weighted by Crippen LogP contribution is -2.34. The molecular formula is C27H27N7O4. The highest BCUT2D eigenvalue weighted by molar-refractivity contribution is 5.98. The highest BCUT2D eigenvalue weighted by Crippen LogP contribution is 2.36. The van der Waals surface area contributed by atoms with Crippen molar-refractivity contribution in [2.24, 2.45) is 11.8 Å². The number of nitrogens with zero attached hydrogens (tertiary/aromatic N) is 7. The van der Waals surface area contributed by atoms with Crippen molar-refractivity contribution in [3.8, 4) is 11.6 Å². The highest BCUT2D eigenvalue weighted by atomic mass is 16.6. The number of ether oxygens (including phenoxy) is 2. The van der Waals surface area contributed by atoms with Crippen LogP contribution in [0.2, 0.25) is 0 Å². The Bertz CT molecular complexity index is 1460. The number of aromatic nitrogens is 5. The number of hydrogen-bond donors (Lipinski definition) is 0. The highest BCUT2D eigenvalue weighted by Gasteiger charge is 2.42. The number of carbonyl (C=O) groups is 2. The molecule has 2 unspecified atom stereocenters. The van der Waals surface area contributed by atoms with Gasteiger partial charge in [-0.15, -0.1) is 0 Å². The maximum absolute atomic E-state index is 13.5. The third-order valence-corrected chi connectivity index (χ3v) is 7.05. The normalized spacial score (nSPS) is 18.6. The van der Waals surface area contributed by atoms with Crippen molar-refractivity contribution in [3.63, 3.8) is 0 Å². The molecule has 0 aliphatic carbocycles. The van der Waals surface area contributed by atoms with Gasteiger partial charge in [0.05, 0.1) is 35.8 Å². The number of anilines is 1. The Morgan fingerprint density at radius 1 is 0.947 bits per heavy atom. The van der Waals surface area contributed by atoms with Crippen molar-refractivity contribution in [3.05, 3.63) is 66.6 Å². The van der Waals surface area contributed by atoms with Crippen LogP contribution < -0.4 is 9.64 Å². The molecule has 0 radical (unpaired) electrons. The second-order valence-electron chi connectivity index (χ2n) is 9.42. The molecule has 2 aliphatic heterocycles. The van der Waals surface area contributed by atoms with E-state index in [0.717, 1.165) is 29.8 Å². The molecule has 6 rings (SSSR count). The van der Waals surface area contributed by atoms with Gasteiger partial charge in [0.15, 0.2) is 6.61 Å². The van der Waals surface area contributed by atoms with Gasteiger partial charge in [-0.25, -0.2) is 14.8 Å². The summed E-state index contributed by atoms with van der Waals surface area (Å²) in [6, 6.07) is 12.9. The van der Waals surface area contributed by atoms with Gasteiger partial charge < -0.3 is 19.3 Å². The fraction of sp³-hybridized carbons (Fsp3) is 0.333. The van der Waals surface area contributed by atoms with E-state index in [0.29, 0.717) is 48.7 Å². The molecular weight excluding hydrogens is 486 g/mol. The lowest BCUT2D eigenvalue weighted by atomic mass is 10.0. The zero-order valence-electron chi connectivity index (χ0n) is 20.9. The molecule has 1 aromatic carbocycles. The number of pyridine rings is 2. The van der Waals surface area contributed by atoms with E-state index in [1.807, 2.05) is 41.3 Å². The van der Waals surface area contributed by atoms with E-state index < -0.39 is 5.97 Å². The van der Waals surface area contributed by atoms with Crippen molar-refractivity contribution in [1.82, 2.24) is 29.9 Å². The second-order valence-corrected chi connectivity index (χ2v) is 9.42. The minimum Gasteiger partial charge on any atom is -0.466 e. The van der Waals surface area contributed by atoms with E-state index >= 15 is 0 Å². The van der Waals surface area contributed by atoms with Crippen LogP contribution >= 0.6 is 0 Å². The topological polar surface area (TPSA) is 116 Å². The Morgan fingerprint density at radius 2 is 1.71 bits per heavy atom. The first kappa shape index (κ1) is 23.8. The third kappa shape index (κ3) is 4.51. The number of carbonyl (C=O) groups excluding carboxylic acids is 2. The summed E-state index contributed by atoms with van der Waals surface area (Å²) in [5, 5.41) is 9.32. The quantitative estimate of drug-likeness (QED) is 0.343. The maximum Gasteiger partial charge on any atom is 0.344 e. The molecule has 2 atom stereocenters. The minimum absolute atomic E-state index is 0.00156. The fourth-order valence-electron chi connectivity index (χ4n) is 5.36. The van der Waals surface area contributed by atoms with E-state index in [1.165, 1.54) is 4.80 Å². The van der Waals surface area contributed by atoms with Crippen molar-refractivity contribution >= 4 is 28.6 Å². The molecule has 11 nitrogen and oxygen atoms in total.